The molecular weight excluding hydrogens is 209 g/mol. The van der Waals surface area contributed by atoms with Crippen LogP contribution in [0.1, 0.15) is 30.9 Å². The van der Waals surface area contributed by atoms with Crippen LogP contribution in [-0.2, 0) is 32.7 Å². The molecule has 1 aromatic carbocycles. The first kappa shape index (κ1) is 11.3. The molecule has 0 saturated carbocycles. The summed E-state index contributed by atoms with van der Waals surface area (Å²) >= 11 is 0. The van der Waals surface area contributed by atoms with Crippen LogP contribution in [0.5, 0.6) is 0 Å². The maximum atomic E-state index is 3.21. The van der Waals surface area contributed by atoms with Gasteiger partial charge in [-0.1, -0.05) is 20.8 Å². The van der Waals surface area contributed by atoms with E-state index in [1.54, 1.807) is 0 Å². The number of hydrogen-bond donors (Lipinski definition) is 0. The van der Waals surface area contributed by atoms with Crippen molar-refractivity contribution in [1.29, 1.82) is 0 Å². The number of rotatable bonds is 1. The molecule has 0 nitrogen and oxygen atoms in total. The van der Waals surface area contributed by atoms with E-state index >= 15 is 0 Å². The van der Waals surface area contributed by atoms with Crippen LogP contribution in [0.15, 0.2) is 18.2 Å². The molecule has 1 rings (SSSR count). The molecular formula is C10H13Y-. The predicted octanol–water partition coefficient (Wildman–Crippen LogP) is 2.92. The maximum Gasteiger partial charge on any atom is 0 e. The fourth-order valence-corrected chi connectivity index (χ4v) is 0.938. The fraction of sp³-hybridized carbons (Fsp3) is 0.400. The summed E-state index contributed by atoms with van der Waals surface area (Å²) in [5, 5.41) is 0. The normalized spacial score (nSPS) is 9.45. The van der Waals surface area contributed by atoms with Crippen LogP contribution < -0.4 is 0 Å². The van der Waals surface area contributed by atoms with Crippen LogP contribution in [-0.4, -0.2) is 0 Å². The first-order valence-electron chi connectivity index (χ1n) is 3.68. The molecule has 0 amide bonds. The molecule has 0 atom stereocenters. The Bertz CT molecular complexity index is 216. The molecule has 0 heterocycles. The molecule has 0 aliphatic rings. The van der Waals surface area contributed by atoms with Gasteiger partial charge in [0, 0.05) is 32.7 Å². The Morgan fingerprint density at radius 2 is 2.00 bits per heavy atom. The Morgan fingerprint density at radius 1 is 1.36 bits per heavy atom. The van der Waals surface area contributed by atoms with Gasteiger partial charge in [0.05, 0.1) is 0 Å². The van der Waals surface area contributed by atoms with Gasteiger partial charge in [-0.15, -0.1) is 0 Å². The van der Waals surface area contributed by atoms with E-state index in [-0.39, 0.29) is 32.7 Å². The average molecular weight is 222 g/mol. The zero-order valence-corrected chi connectivity index (χ0v) is 10.2. The second-order valence-corrected chi connectivity index (χ2v) is 2.98. The van der Waals surface area contributed by atoms with Crippen molar-refractivity contribution >= 4 is 0 Å². The van der Waals surface area contributed by atoms with E-state index in [0.717, 1.165) is 0 Å². The van der Waals surface area contributed by atoms with Gasteiger partial charge < -0.3 is 0 Å². The van der Waals surface area contributed by atoms with Crippen LogP contribution in [0.4, 0.5) is 0 Å². The van der Waals surface area contributed by atoms with Crippen LogP contribution in [0.25, 0.3) is 0 Å². The standard InChI is InChI=1S/C10H13.Y/c1-8(2)10-6-4-5-9(3)7-10;/h4-5,7-8H,1-3H3;/q-1;. The van der Waals surface area contributed by atoms with E-state index in [1.807, 2.05) is 6.07 Å². The van der Waals surface area contributed by atoms with E-state index < -0.39 is 0 Å². The van der Waals surface area contributed by atoms with Crippen molar-refractivity contribution in [2.45, 2.75) is 26.7 Å². The minimum atomic E-state index is 0. The van der Waals surface area contributed by atoms with Crippen molar-refractivity contribution in [1.82, 2.24) is 0 Å². The third-order valence-corrected chi connectivity index (χ3v) is 1.60. The summed E-state index contributed by atoms with van der Waals surface area (Å²) in [4.78, 5) is 0. The summed E-state index contributed by atoms with van der Waals surface area (Å²) < 4.78 is 0. The van der Waals surface area contributed by atoms with Crippen LogP contribution in [0.3, 0.4) is 0 Å². The van der Waals surface area contributed by atoms with Crippen molar-refractivity contribution in [3.05, 3.63) is 35.4 Å². The molecule has 11 heavy (non-hydrogen) atoms. The molecule has 0 saturated heterocycles. The molecule has 0 aliphatic carbocycles. The Labute approximate surface area is 94.3 Å². The van der Waals surface area contributed by atoms with Crippen LogP contribution >= 0.6 is 0 Å². The van der Waals surface area contributed by atoms with Crippen LogP contribution in [0.2, 0.25) is 0 Å². The first-order valence-corrected chi connectivity index (χ1v) is 3.68. The number of hydrogen-bond acceptors (Lipinski definition) is 0. The van der Waals surface area contributed by atoms with Crippen molar-refractivity contribution in [2.75, 3.05) is 0 Å². The van der Waals surface area contributed by atoms with Gasteiger partial charge in [-0.2, -0.15) is 35.4 Å². The molecule has 57 valence electrons. The van der Waals surface area contributed by atoms with Crippen LogP contribution in [0, 0.1) is 13.0 Å². The number of aryl methyl sites for hydroxylation is 1. The monoisotopic (exact) mass is 222 g/mol. The summed E-state index contributed by atoms with van der Waals surface area (Å²) in [5.41, 5.74) is 2.63. The van der Waals surface area contributed by atoms with E-state index in [4.69, 9.17) is 0 Å². The van der Waals surface area contributed by atoms with Crippen molar-refractivity contribution in [3.8, 4) is 0 Å². The first-order chi connectivity index (χ1) is 4.70. The van der Waals surface area contributed by atoms with E-state index in [0.29, 0.717) is 5.92 Å². The molecule has 0 N–H and O–H groups in total. The van der Waals surface area contributed by atoms with Gasteiger partial charge in [0.25, 0.3) is 0 Å². The Morgan fingerprint density at radius 3 is 2.36 bits per heavy atom. The van der Waals surface area contributed by atoms with E-state index in [9.17, 15) is 0 Å². The summed E-state index contributed by atoms with van der Waals surface area (Å²) in [6, 6.07) is 9.46. The van der Waals surface area contributed by atoms with Gasteiger partial charge in [0.15, 0.2) is 0 Å². The Kier molecular flexibility index (Phi) is 5.20. The van der Waals surface area contributed by atoms with Gasteiger partial charge in [-0.3, -0.25) is 0 Å². The van der Waals surface area contributed by atoms with Gasteiger partial charge >= 0.3 is 0 Å². The van der Waals surface area contributed by atoms with Gasteiger partial charge in [0.1, 0.15) is 0 Å². The van der Waals surface area contributed by atoms with Crippen molar-refractivity contribution < 1.29 is 32.7 Å². The summed E-state index contributed by atoms with van der Waals surface area (Å²) in [6.45, 7) is 6.48. The molecule has 0 spiro atoms. The Balaban J connectivity index is 0.000001000. The van der Waals surface area contributed by atoms with Gasteiger partial charge in [0.2, 0.25) is 0 Å². The summed E-state index contributed by atoms with van der Waals surface area (Å²) in [6.07, 6.45) is 0. The smallest absolute Gasteiger partial charge is 0 e. The number of benzene rings is 1. The maximum absolute atomic E-state index is 3.21. The average Bonchev–Trinajstić information content (AvgIpc) is 1.88. The largest absolute Gasteiger partial charge is 0.180 e. The van der Waals surface area contributed by atoms with E-state index in [1.165, 1.54) is 11.1 Å². The second-order valence-electron chi connectivity index (χ2n) is 2.98. The molecule has 0 unspecified atom stereocenters. The zero-order chi connectivity index (χ0) is 7.56. The SMILES string of the molecule is Cc1cc[c-]c(C(C)C)c1.[Y]. The van der Waals surface area contributed by atoms with Crippen molar-refractivity contribution in [3.63, 3.8) is 0 Å². The van der Waals surface area contributed by atoms with Crippen molar-refractivity contribution in [2.24, 2.45) is 0 Å². The fourth-order valence-electron chi connectivity index (χ4n) is 0.938. The minimum Gasteiger partial charge on any atom is -0.180 e. The quantitative estimate of drug-likeness (QED) is 0.641. The van der Waals surface area contributed by atoms with E-state index in [2.05, 4.69) is 39.0 Å². The summed E-state index contributed by atoms with van der Waals surface area (Å²) in [7, 11) is 0. The summed E-state index contributed by atoms with van der Waals surface area (Å²) in [5.74, 6) is 0.597. The van der Waals surface area contributed by atoms with Gasteiger partial charge in [-0.05, 0) is 5.92 Å². The molecule has 1 aromatic rings. The molecule has 1 radical (unpaired) electrons. The topological polar surface area (TPSA) is 0 Å². The third kappa shape index (κ3) is 3.49. The van der Waals surface area contributed by atoms with Gasteiger partial charge in [-0.25, -0.2) is 0 Å². The molecule has 0 bridgehead atoms. The second kappa shape index (κ2) is 5.06. The molecule has 0 fully saturated rings. The molecule has 0 aliphatic heterocycles. The minimum absolute atomic E-state index is 0. The third-order valence-electron chi connectivity index (χ3n) is 1.60. The Hall–Kier alpha value is 0.324. The molecule has 0 aromatic heterocycles. The molecule has 1 heteroatoms. The zero-order valence-electron chi connectivity index (χ0n) is 7.39. The predicted molar refractivity (Wildman–Crippen MR) is 44.1 cm³/mol.